The van der Waals surface area contributed by atoms with Gasteiger partial charge in [0.15, 0.2) is 0 Å². The SMILES string of the molecule is CC(C)C(=O)NCCc1ccc(S(=O)(=O)C(=O)Nc2ccc(CO)nc2)cc1. The Morgan fingerprint density at radius 2 is 1.79 bits per heavy atom. The number of carbonyl (C=O) groups is 2. The van der Waals surface area contributed by atoms with Crippen LogP contribution >= 0.6 is 0 Å². The summed E-state index contributed by atoms with van der Waals surface area (Å²) in [4.78, 5) is 27.4. The fourth-order valence-corrected chi connectivity index (χ4v) is 3.21. The van der Waals surface area contributed by atoms with Gasteiger partial charge in [0, 0.05) is 12.5 Å². The smallest absolute Gasteiger partial charge is 0.345 e. The maximum absolute atomic E-state index is 12.4. The number of hydrogen-bond acceptors (Lipinski definition) is 6. The van der Waals surface area contributed by atoms with Gasteiger partial charge < -0.3 is 15.7 Å². The molecule has 2 aromatic rings. The highest BCUT2D eigenvalue weighted by Gasteiger charge is 2.25. The third kappa shape index (κ3) is 5.61. The molecular formula is C19H23N3O5S. The molecule has 2 amide bonds. The van der Waals surface area contributed by atoms with Crippen LogP contribution in [-0.4, -0.2) is 36.2 Å². The molecule has 0 bridgehead atoms. The molecule has 0 radical (unpaired) electrons. The Hall–Kier alpha value is -2.78. The molecule has 0 saturated carbocycles. The molecule has 0 saturated heterocycles. The van der Waals surface area contributed by atoms with E-state index in [1.807, 2.05) is 0 Å². The van der Waals surface area contributed by atoms with Crippen LogP contribution in [0.25, 0.3) is 0 Å². The highest BCUT2D eigenvalue weighted by molar-refractivity contribution is 8.06. The second-order valence-corrected chi connectivity index (χ2v) is 8.30. The van der Waals surface area contributed by atoms with Crippen molar-refractivity contribution in [3.8, 4) is 0 Å². The maximum Gasteiger partial charge on any atom is 0.345 e. The summed E-state index contributed by atoms with van der Waals surface area (Å²) in [6, 6.07) is 8.89. The summed E-state index contributed by atoms with van der Waals surface area (Å²) in [6.45, 7) is 3.80. The largest absolute Gasteiger partial charge is 0.390 e. The first kappa shape index (κ1) is 21.5. The van der Waals surface area contributed by atoms with E-state index in [9.17, 15) is 18.0 Å². The van der Waals surface area contributed by atoms with E-state index in [-0.39, 0.29) is 29.0 Å². The number of aromatic nitrogens is 1. The maximum atomic E-state index is 12.4. The molecular weight excluding hydrogens is 382 g/mol. The summed E-state index contributed by atoms with van der Waals surface area (Å²) in [5.74, 6) is -0.140. The molecule has 0 aliphatic rings. The van der Waals surface area contributed by atoms with Gasteiger partial charge in [-0.3, -0.25) is 14.6 Å². The van der Waals surface area contributed by atoms with Crippen molar-refractivity contribution in [1.82, 2.24) is 10.3 Å². The third-order valence-corrected chi connectivity index (χ3v) is 5.43. The molecule has 0 fully saturated rings. The number of aliphatic hydroxyl groups is 1. The summed E-state index contributed by atoms with van der Waals surface area (Å²) in [5, 5.41) is 12.9. The number of rotatable bonds is 7. The standard InChI is InChI=1S/C19H23N3O5S/c1-13(2)18(24)20-10-9-14-3-7-17(8-4-14)28(26,27)19(25)22-15-5-6-16(12-23)21-11-15/h3-8,11,13,23H,9-10,12H2,1-2H3,(H,20,24)(H,22,25). The molecule has 0 unspecified atom stereocenters. The molecule has 28 heavy (non-hydrogen) atoms. The number of aliphatic hydroxyl groups excluding tert-OH is 1. The van der Waals surface area contributed by atoms with Crippen LogP contribution in [0.1, 0.15) is 25.1 Å². The first-order valence-corrected chi connectivity index (χ1v) is 10.2. The van der Waals surface area contributed by atoms with E-state index < -0.39 is 15.1 Å². The van der Waals surface area contributed by atoms with Crippen LogP contribution in [0.2, 0.25) is 0 Å². The summed E-state index contributed by atoms with van der Waals surface area (Å²) in [7, 11) is -4.21. The summed E-state index contributed by atoms with van der Waals surface area (Å²) in [6.07, 6.45) is 1.82. The van der Waals surface area contributed by atoms with Gasteiger partial charge in [0.2, 0.25) is 5.91 Å². The summed E-state index contributed by atoms with van der Waals surface area (Å²) >= 11 is 0. The molecule has 0 aliphatic carbocycles. The van der Waals surface area contributed by atoms with Crippen LogP contribution in [0.15, 0.2) is 47.5 Å². The van der Waals surface area contributed by atoms with Gasteiger partial charge in [0.05, 0.1) is 29.1 Å². The predicted octanol–water partition coefficient (Wildman–Crippen LogP) is 1.89. The van der Waals surface area contributed by atoms with E-state index in [1.165, 1.54) is 30.5 Å². The van der Waals surface area contributed by atoms with E-state index in [1.54, 1.807) is 26.0 Å². The Balaban J connectivity index is 2.00. The van der Waals surface area contributed by atoms with Crippen LogP contribution in [0, 0.1) is 5.92 Å². The van der Waals surface area contributed by atoms with Crippen molar-refractivity contribution in [3.63, 3.8) is 0 Å². The Morgan fingerprint density at radius 3 is 2.32 bits per heavy atom. The number of benzene rings is 1. The predicted molar refractivity (Wildman–Crippen MR) is 104 cm³/mol. The number of nitrogens with zero attached hydrogens (tertiary/aromatic N) is 1. The molecule has 0 aliphatic heterocycles. The van der Waals surface area contributed by atoms with Crippen molar-refractivity contribution >= 4 is 26.7 Å². The molecule has 8 nitrogen and oxygen atoms in total. The van der Waals surface area contributed by atoms with Gasteiger partial charge in [-0.2, -0.15) is 0 Å². The highest BCUT2D eigenvalue weighted by atomic mass is 32.2. The number of sulfone groups is 1. The zero-order chi connectivity index (χ0) is 20.7. The highest BCUT2D eigenvalue weighted by Crippen LogP contribution is 2.16. The monoisotopic (exact) mass is 405 g/mol. The third-order valence-electron chi connectivity index (χ3n) is 3.95. The quantitative estimate of drug-likeness (QED) is 0.646. The topological polar surface area (TPSA) is 125 Å². The minimum Gasteiger partial charge on any atom is -0.390 e. The van der Waals surface area contributed by atoms with Gasteiger partial charge in [0.25, 0.3) is 9.84 Å². The average molecular weight is 405 g/mol. The van der Waals surface area contributed by atoms with Gasteiger partial charge in [0.1, 0.15) is 0 Å². The number of hydrogen-bond donors (Lipinski definition) is 3. The lowest BCUT2D eigenvalue weighted by molar-refractivity contribution is -0.123. The number of amides is 2. The fraction of sp³-hybridized carbons (Fsp3) is 0.316. The van der Waals surface area contributed by atoms with Crippen LogP contribution < -0.4 is 10.6 Å². The molecule has 3 N–H and O–H groups in total. The molecule has 1 aromatic heterocycles. The van der Waals surface area contributed by atoms with Crippen molar-refractivity contribution < 1.29 is 23.1 Å². The number of anilines is 1. The lowest BCUT2D eigenvalue weighted by Gasteiger charge is -2.09. The number of pyridine rings is 1. The minimum absolute atomic E-state index is 0.0441. The van der Waals surface area contributed by atoms with Crippen molar-refractivity contribution in [2.75, 3.05) is 11.9 Å². The molecule has 0 spiro atoms. The average Bonchev–Trinajstić information content (AvgIpc) is 2.68. The summed E-state index contributed by atoms with van der Waals surface area (Å²) in [5.41, 5.74) is 1.46. The minimum atomic E-state index is -4.21. The first-order valence-electron chi connectivity index (χ1n) is 8.72. The molecule has 0 atom stereocenters. The Kier molecular flexibility index (Phi) is 7.24. The van der Waals surface area contributed by atoms with Crippen molar-refractivity contribution in [1.29, 1.82) is 0 Å². The molecule has 2 rings (SSSR count). The molecule has 9 heteroatoms. The Morgan fingerprint density at radius 1 is 1.11 bits per heavy atom. The van der Waals surface area contributed by atoms with Gasteiger partial charge in [-0.1, -0.05) is 26.0 Å². The molecule has 1 heterocycles. The molecule has 1 aromatic carbocycles. The van der Waals surface area contributed by atoms with Crippen molar-refractivity contribution in [2.24, 2.45) is 5.92 Å². The molecule has 150 valence electrons. The summed E-state index contributed by atoms with van der Waals surface area (Å²) < 4.78 is 24.8. The van der Waals surface area contributed by atoms with E-state index in [2.05, 4.69) is 15.6 Å². The second-order valence-electron chi connectivity index (χ2n) is 6.45. The van der Waals surface area contributed by atoms with Crippen molar-refractivity contribution in [3.05, 3.63) is 53.9 Å². The number of carbonyl (C=O) groups excluding carboxylic acids is 2. The van der Waals surface area contributed by atoms with E-state index >= 15 is 0 Å². The van der Waals surface area contributed by atoms with E-state index in [0.29, 0.717) is 18.7 Å². The zero-order valence-electron chi connectivity index (χ0n) is 15.7. The van der Waals surface area contributed by atoms with Gasteiger partial charge in [-0.15, -0.1) is 0 Å². The van der Waals surface area contributed by atoms with Crippen molar-refractivity contribution in [2.45, 2.75) is 31.8 Å². The van der Waals surface area contributed by atoms with Gasteiger partial charge >= 0.3 is 5.24 Å². The van der Waals surface area contributed by atoms with Gasteiger partial charge in [-0.25, -0.2) is 8.42 Å². The normalized spacial score (nSPS) is 11.3. The second kappa shape index (κ2) is 9.43. The number of nitrogens with one attached hydrogen (secondary N) is 2. The zero-order valence-corrected chi connectivity index (χ0v) is 16.5. The van der Waals surface area contributed by atoms with E-state index in [4.69, 9.17) is 5.11 Å². The Labute approximate surface area is 163 Å². The van der Waals surface area contributed by atoms with Crippen LogP contribution in [0.3, 0.4) is 0 Å². The van der Waals surface area contributed by atoms with E-state index in [0.717, 1.165) is 5.56 Å². The lowest BCUT2D eigenvalue weighted by atomic mass is 10.1. The van der Waals surface area contributed by atoms with Gasteiger partial charge in [-0.05, 0) is 36.2 Å². The van der Waals surface area contributed by atoms with Crippen LogP contribution in [0.5, 0.6) is 0 Å². The van der Waals surface area contributed by atoms with Crippen LogP contribution in [-0.2, 0) is 27.7 Å². The first-order chi connectivity index (χ1) is 13.2. The lowest BCUT2D eigenvalue weighted by Crippen LogP contribution is -2.29. The fourth-order valence-electron chi connectivity index (χ4n) is 2.25. The Bertz CT molecular complexity index is 923. The van der Waals surface area contributed by atoms with Crippen LogP contribution in [0.4, 0.5) is 10.5 Å².